The van der Waals surface area contributed by atoms with E-state index in [2.05, 4.69) is 64.1 Å². The topological polar surface area (TPSA) is 38.0 Å². The van der Waals surface area contributed by atoms with E-state index >= 15 is 0 Å². The summed E-state index contributed by atoms with van der Waals surface area (Å²) in [5, 5.41) is 11.8. The van der Waals surface area contributed by atoms with Gasteiger partial charge in [-0.2, -0.15) is 0 Å². The van der Waals surface area contributed by atoms with Crippen LogP contribution in [0.25, 0.3) is 21.8 Å². The number of hydrogen-bond donors (Lipinski definition) is 1. The van der Waals surface area contributed by atoms with Crippen molar-refractivity contribution in [3.8, 4) is 0 Å². The SMILES string of the molecule is OCc1cc2c3ccccc3n(CCCc3ccccc3)c2cn1. The van der Waals surface area contributed by atoms with Gasteiger partial charge < -0.3 is 9.67 Å². The number of nitrogens with zero attached hydrogens (tertiary/aromatic N) is 2. The van der Waals surface area contributed by atoms with Crippen molar-refractivity contribution in [2.75, 3.05) is 0 Å². The summed E-state index contributed by atoms with van der Waals surface area (Å²) in [4.78, 5) is 4.38. The Morgan fingerprint density at radius 3 is 2.50 bits per heavy atom. The van der Waals surface area contributed by atoms with Gasteiger partial charge in [0.1, 0.15) is 0 Å². The summed E-state index contributed by atoms with van der Waals surface area (Å²) in [6.07, 6.45) is 4.04. The molecule has 0 fully saturated rings. The van der Waals surface area contributed by atoms with Crippen LogP contribution in [0.3, 0.4) is 0 Å². The maximum atomic E-state index is 9.37. The van der Waals surface area contributed by atoms with Crippen LogP contribution in [-0.2, 0) is 19.6 Å². The van der Waals surface area contributed by atoms with Crippen LogP contribution < -0.4 is 0 Å². The summed E-state index contributed by atoms with van der Waals surface area (Å²) in [6, 6.07) is 21.1. The van der Waals surface area contributed by atoms with E-state index in [0.29, 0.717) is 0 Å². The van der Waals surface area contributed by atoms with Crippen molar-refractivity contribution in [3.05, 3.63) is 78.1 Å². The fourth-order valence-corrected chi connectivity index (χ4v) is 3.40. The van der Waals surface area contributed by atoms with E-state index in [0.717, 1.165) is 30.6 Å². The number of aliphatic hydroxyl groups is 1. The zero-order valence-electron chi connectivity index (χ0n) is 13.5. The van der Waals surface area contributed by atoms with Crippen molar-refractivity contribution in [3.63, 3.8) is 0 Å². The van der Waals surface area contributed by atoms with Gasteiger partial charge in [-0.25, -0.2) is 0 Å². The lowest BCUT2D eigenvalue weighted by molar-refractivity contribution is 0.277. The summed E-state index contributed by atoms with van der Waals surface area (Å²) in [5.41, 5.74) is 4.47. The van der Waals surface area contributed by atoms with Crippen molar-refractivity contribution < 1.29 is 5.11 Å². The molecular formula is C21H20N2O. The minimum atomic E-state index is -0.0244. The second kappa shape index (κ2) is 6.46. The molecule has 0 saturated heterocycles. The molecule has 0 radical (unpaired) electrons. The molecular weight excluding hydrogens is 296 g/mol. The first-order valence-electron chi connectivity index (χ1n) is 8.37. The monoisotopic (exact) mass is 316 g/mol. The molecule has 1 N–H and O–H groups in total. The minimum absolute atomic E-state index is 0.0244. The van der Waals surface area contributed by atoms with Gasteiger partial charge >= 0.3 is 0 Å². The molecule has 2 heterocycles. The fourth-order valence-electron chi connectivity index (χ4n) is 3.40. The Hall–Kier alpha value is -2.65. The van der Waals surface area contributed by atoms with Crippen LogP contribution in [0, 0.1) is 0 Å². The van der Waals surface area contributed by atoms with Crippen LogP contribution in [0.5, 0.6) is 0 Å². The van der Waals surface area contributed by atoms with Crippen molar-refractivity contribution >= 4 is 21.8 Å². The molecule has 120 valence electrons. The number of para-hydroxylation sites is 1. The lowest BCUT2D eigenvalue weighted by atomic mass is 10.1. The molecule has 2 aromatic heterocycles. The summed E-state index contributed by atoms with van der Waals surface area (Å²) in [7, 11) is 0. The van der Waals surface area contributed by atoms with Gasteiger partial charge in [0, 0.05) is 22.8 Å². The van der Waals surface area contributed by atoms with Crippen LogP contribution >= 0.6 is 0 Å². The van der Waals surface area contributed by atoms with Gasteiger partial charge in [-0.1, -0.05) is 48.5 Å². The molecule has 0 aliphatic heterocycles. The number of pyridine rings is 1. The maximum absolute atomic E-state index is 9.37. The Balaban J connectivity index is 1.70. The van der Waals surface area contributed by atoms with Gasteiger partial charge in [0.05, 0.1) is 24.0 Å². The third-order valence-electron chi connectivity index (χ3n) is 4.57. The number of benzene rings is 2. The van der Waals surface area contributed by atoms with Gasteiger partial charge in [0.2, 0.25) is 0 Å². The largest absolute Gasteiger partial charge is 0.390 e. The molecule has 2 aromatic carbocycles. The van der Waals surface area contributed by atoms with Gasteiger partial charge in [-0.3, -0.25) is 4.98 Å². The van der Waals surface area contributed by atoms with Gasteiger partial charge in [-0.15, -0.1) is 0 Å². The summed E-state index contributed by atoms with van der Waals surface area (Å²) in [6.45, 7) is 0.933. The molecule has 0 amide bonds. The molecule has 0 atom stereocenters. The quantitative estimate of drug-likeness (QED) is 0.595. The second-order valence-electron chi connectivity index (χ2n) is 6.11. The number of hydrogen-bond acceptors (Lipinski definition) is 2. The Bertz CT molecular complexity index is 973. The van der Waals surface area contributed by atoms with Crippen LogP contribution in [-0.4, -0.2) is 14.7 Å². The van der Waals surface area contributed by atoms with Crippen molar-refractivity contribution in [2.24, 2.45) is 0 Å². The van der Waals surface area contributed by atoms with Crippen LogP contribution in [0.2, 0.25) is 0 Å². The Labute approximate surface area is 141 Å². The highest BCUT2D eigenvalue weighted by Gasteiger charge is 2.11. The normalized spacial score (nSPS) is 11.4. The van der Waals surface area contributed by atoms with E-state index < -0.39 is 0 Å². The lowest BCUT2D eigenvalue weighted by Crippen LogP contribution is -2.00. The predicted octanol–water partition coefficient (Wildman–Crippen LogP) is 4.31. The standard InChI is InChI=1S/C21H20N2O/c24-15-17-13-19-18-10-4-5-11-20(18)23(21(19)14-22-17)12-6-9-16-7-2-1-3-8-16/h1-5,7-8,10-11,13-14,24H,6,9,12,15H2. The number of aliphatic hydroxyl groups excluding tert-OH is 1. The van der Waals surface area contributed by atoms with Crippen molar-refractivity contribution in [1.29, 1.82) is 0 Å². The maximum Gasteiger partial charge on any atom is 0.0853 e. The van der Waals surface area contributed by atoms with Crippen molar-refractivity contribution in [2.45, 2.75) is 26.0 Å². The van der Waals surface area contributed by atoms with E-state index in [9.17, 15) is 5.11 Å². The highest BCUT2D eigenvalue weighted by atomic mass is 16.3. The Kier molecular flexibility index (Phi) is 4.01. The average molecular weight is 316 g/mol. The van der Waals surface area contributed by atoms with Gasteiger partial charge in [0.25, 0.3) is 0 Å². The zero-order valence-corrected chi connectivity index (χ0v) is 13.5. The van der Waals surface area contributed by atoms with Crippen LogP contribution in [0.4, 0.5) is 0 Å². The summed E-state index contributed by atoms with van der Waals surface area (Å²) >= 11 is 0. The number of aromatic nitrogens is 2. The molecule has 0 saturated carbocycles. The lowest BCUT2D eigenvalue weighted by Gasteiger charge is -2.07. The number of rotatable bonds is 5. The highest BCUT2D eigenvalue weighted by molar-refractivity contribution is 6.07. The molecule has 0 aliphatic rings. The van der Waals surface area contributed by atoms with E-state index in [1.165, 1.54) is 21.9 Å². The van der Waals surface area contributed by atoms with E-state index in [4.69, 9.17) is 0 Å². The zero-order chi connectivity index (χ0) is 16.4. The third kappa shape index (κ3) is 2.68. The fraction of sp³-hybridized carbons (Fsp3) is 0.190. The molecule has 0 bridgehead atoms. The van der Waals surface area contributed by atoms with E-state index in [1.807, 2.05) is 12.3 Å². The van der Waals surface area contributed by atoms with Crippen LogP contribution in [0.1, 0.15) is 17.7 Å². The smallest absolute Gasteiger partial charge is 0.0853 e. The first kappa shape index (κ1) is 14.9. The first-order chi connectivity index (χ1) is 11.9. The van der Waals surface area contributed by atoms with Crippen LogP contribution in [0.15, 0.2) is 66.9 Å². The molecule has 0 spiro atoms. The van der Waals surface area contributed by atoms with E-state index in [-0.39, 0.29) is 6.61 Å². The third-order valence-corrected chi connectivity index (χ3v) is 4.57. The molecule has 4 rings (SSSR count). The molecule has 3 nitrogen and oxygen atoms in total. The van der Waals surface area contributed by atoms with Gasteiger partial charge in [-0.05, 0) is 30.5 Å². The number of fused-ring (bicyclic) bond motifs is 3. The molecule has 24 heavy (non-hydrogen) atoms. The Morgan fingerprint density at radius 2 is 1.67 bits per heavy atom. The van der Waals surface area contributed by atoms with Crippen molar-refractivity contribution in [1.82, 2.24) is 9.55 Å². The first-order valence-corrected chi connectivity index (χ1v) is 8.37. The molecule has 0 unspecified atom stereocenters. The minimum Gasteiger partial charge on any atom is -0.390 e. The predicted molar refractivity (Wildman–Crippen MR) is 97.9 cm³/mol. The Morgan fingerprint density at radius 1 is 0.875 bits per heavy atom. The second-order valence-corrected chi connectivity index (χ2v) is 6.11. The molecule has 0 aliphatic carbocycles. The van der Waals surface area contributed by atoms with E-state index in [1.54, 1.807) is 0 Å². The molecule has 3 heteroatoms. The average Bonchev–Trinajstić information content (AvgIpc) is 2.96. The summed E-state index contributed by atoms with van der Waals surface area (Å²) < 4.78 is 2.35. The molecule has 4 aromatic rings. The number of aryl methyl sites for hydroxylation is 2. The highest BCUT2D eigenvalue weighted by Crippen LogP contribution is 2.29. The summed E-state index contributed by atoms with van der Waals surface area (Å²) in [5.74, 6) is 0. The van der Waals surface area contributed by atoms with Gasteiger partial charge in [0.15, 0.2) is 0 Å².